The lowest BCUT2D eigenvalue weighted by Gasteiger charge is -2.24. The summed E-state index contributed by atoms with van der Waals surface area (Å²) in [7, 11) is 0. The number of anilines is 1. The number of carbonyl (C=O) groups excluding carboxylic acids is 1. The van der Waals surface area contributed by atoms with Crippen molar-refractivity contribution in [2.45, 2.75) is 38.6 Å². The van der Waals surface area contributed by atoms with Crippen molar-refractivity contribution in [1.29, 1.82) is 0 Å². The highest BCUT2D eigenvalue weighted by atomic mass is 16.2. The van der Waals surface area contributed by atoms with Crippen molar-refractivity contribution >= 4 is 11.7 Å². The first kappa shape index (κ1) is 16.3. The minimum Gasteiger partial charge on any atom is -0.395 e. The quantitative estimate of drug-likeness (QED) is 0.854. The Bertz CT molecular complexity index is 794. The SMILES string of the molecule is CC(C)n1ncc2c1NC(=O)CC2c1ccc(C#CCCO)cc1. The molecule has 0 spiro atoms. The van der Waals surface area contributed by atoms with Crippen LogP contribution < -0.4 is 5.32 Å². The van der Waals surface area contributed by atoms with Crippen LogP contribution in [0.1, 0.15) is 55.3 Å². The van der Waals surface area contributed by atoms with E-state index in [0.717, 1.165) is 22.5 Å². The van der Waals surface area contributed by atoms with Gasteiger partial charge in [0.1, 0.15) is 5.82 Å². The van der Waals surface area contributed by atoms with Crippen molar-refractivity contribution in [2.75, 3.05) is 11.9 Å². The number of fused-ring (bicyclic) bond motifs is 1. The molecule has 5 nitrogen and oxygen atoms in total. The van der Waals surface area contributed by atoms with Crippen LogP contribution in [0.2, 0.25) is 0 Å². The largest absolute Gasteiger partial charge is 0.395 e. The molecule has 124 valence electrons. The van der Waals surface area contributed by atoms with E-state index in [4.69, 9.17) is 5.11 Å². The van der Waals surface area contributed by atoms with E-state index in [1.165, 1.54) is 0 Å². The van der Waals surface area contributed by atoms with E-state index in [2.05, 4.69) is 22.3 Å². The normalized spacial score (nSPS) is 16.3. The molecule has 1 aliphatic heterocycles. The van der Waals surface area contributed by atoms with Crippen LogP contribution >= 0.6 is 0 Å². The average molecular weight is 323 g/mol. The summed E-state index contributed by atoms with van der Waals surface area (Å²) in [4.78, 5) is 12.1. The number of rotatable bonds is 3. The molecule has 1 aliphatic rings. The van der Waals surface area contributed by atoms with E-state index in [1.807, 2.05) is 49.0 Å². The second-order valence-electron chi connectivity index (χ2n) is 6.19. The van der Waals surface area contributed by atoms with Crippen molar-refractivity contribution in [3.63, 3.8) is 0 Å². The topological polar surface area (TPSA) is 67.2 Å². The predicted octanol–water partition coefficient (Wildman–Crippen LogP) is 2.67. The molecule has 2 aromatic rings. The van der Waals surface area contributed by atoms with E-state index >= 15 is 0 Å². The van der Waals surface area contributed by atoms with Crippen LogP contribution in [0, 0.1) is 11.8 Å². The molecule has 0 saturated heterocycles. The van der Waals surface area contributed by atoms with Crippen LogP contribution in [0.15, 0.2) is 30.5 Å². The third kappa shape index (κ3) is 3.19. The second kappa shape index (κ2) is 6.90. The Morgan fingerprint density at radius 3 is 2.79 bits per heavy atom. The number of amides is 1. The molecular formula is C19H21N3O2. The summed E-state index contributed by atoms with van der Waals surface area (Å²) < 4.78 is 1.86. The molecule has 0 aliphatic carbocycles. The van der Waals surface area contributed by atoms with Gasteiger partial charge in [-0.15, -0.1) is 0 Å². The first-order chi connectivity index (χ1) is 11.6. The van der Waals surface area contributed by atoms with Gasteiger partial charge in [-0.1, -0.05) is 24.0 Å². The number of nitrogens with one attached hydrogen (secondary N) is 1. The van der Waals surface area contributed by atoms with Gasteiger partial charge >= 0.3 is 0 Å². The number of aliphatic hydroxyl groups excluding tert-OH is 1. The highest BCUT2D eigenvalue weighted by Crippen LogP contribution is 2.37. The Labute approximate surface area is 141 Å². The lowest BCUT2D eigenvalue weighted by atomic mass is 9.87. The highest BCUT2D eigenvalue weighted by Gasteiger charge is 2.30. The van der Waals surface area contributed by atoms with Gasteiger partial charge in [-0.2, -0.15) is 5.10 Å². The van der Waals surface area contributed by atoms with Gasteiger partial charge < -0.3 is 10.4 Å². The van der Waals surface area contributed by atoms with Gasteiger partial charge in [0.05, 0.1) is 12.8 Å². The van der Waals surface area contributed by atoms with Crippen LogP contribution in [0.4, 0.5) is 5.82 Å². The molecule has 2 heterocycles. The van der Waals surface area contributed by atoms with Gasteiger partial charge in [0.2, 0.25) is 5.91 Å². The second-order valence-corrected chi connectivity index (χ2v) is 6.19. The Morgan fingerprint density at radius 2 is 2.12 bits per heavy atom. The molecule has 1 amide bonds. The van der Waals surface area contributed by atoms with Crippen molar-refractivity contribution in [3.8, 4) is 11.8 Å². The molecule has 0 saturated carbocycles. The third-order valence-corrected chi connectivity index (χ3v) is 4.12. The van der Waals surface area contributed by atoms with Gasteiger partial charge in [0.25, 0.3) is 0 Å². The summed E-state index contributed by atoms with van der Waals surface area (Å²) in [6.07, 6.45) is 2.75. The van der Waals surface area contributed by atoms with E-state index in [0.29, 0.717) is 12.8 Å². The number of aliphatic hydroxyl groups is 1. The average Bonchev–Trinajstić information content (AvgIpc) is 2.99. The number of aromatic nitrogens is 2. The predicted molar refractivity (Wildman–Crippen MR) is 92.7 cm³/mol. The Balaban J connectivity index is 1.91. The van der Waals surface area contributed by atoms with Crippen molar-refractivity contribution in [3.05, 3.63) is 47.2 Å². The standard InChI is InChI=1S/C19H21N3O2/c1-13(2)22-19-17(12-20-22)16(11-18(24)21-19)15-8-6-14(7-9-15)5-3-4-10-23/h6-9,12-13,16,23H,4,10-11H2,1-2H3,(H,21,24). The monoisotopic (exact) mass is 323 g/mol. The lowest BCUT2D eigenvalue weighted by molar-refractivity contribution is -0.116. The van der Waals surface area contributed by atoms with Crippen molar-refractivity contribution < 1.29 is 9.90 Å². The van der Waals surface area contributed by atoms with Gasteiger partial charge in [0, 0.05) is 35.9 Å². The Morgan fingerprint density at radius 1 is 1.38 bits per heavy atom. The van der Waals surface area contributed by atoms with Crippen LogP contribution in [-0.2, 0) is 4.79 Å². The molecule has 0 fully saturated rings. The van der Waals surface area contributed by atoms with Crippen molar-refractivity contribution in [1.82, 2.24) is 9.78 Å². The van der Waals surface area contributed by atoms with E-state index in [1.54, 1.807) is 0 Å². The van der Waals surface area contributed by atoms with E-state index in [9.17, 15) is 4.79 Å². The van der Waals surface area contributed by atoms with Crippen molar-refractivity contribution in [2.24, 2.45) is 0 Å². The summed E-state index contributed by atoms with van der Waals surface area (Å²) in [5.74, 6) is 6.76. The highest BCUT2D eigenvalue weighted by molar-refractivity contribution is 5.94. The number of benzene rings is 1. The van der Waals surface area contributed by atoms with Crippen LogP contribution in [-0.4, -0.2) is 27.4 Å². The fraction of sp³-hybridized carbons (Fsp3) is 0.368. The molecule has 0 bridgehead atoms. The summed E-state index contributed by atoms with van der Waals surface area (Å²) in [6, 6.07) is 8.14. The van der Waals surface area contributed by atoms with Crippen LogP contribution in [0.3, 0.4) is 0 Å². The summed E-state index contributed by atoms with van der Waals surface area (Å²) in [5.41, 5.74) is 3.05. The maximum Gasteiger partial charge on any atom is 0.226 e. The first-order valence-corrected chi connectivity index (χ1v) is 8.17. The van der Waals surface area contributed by atoms with Gasteiger partial charge in [-0.3, -0.25) is 4.79 Å². The zero-order valence-corrected chi connectivity index (χ0v) is 13.9. The summed E-state index contributed by atoms with van der Waals surface area (Å²) in [5, 5.41) is 16.2. The molecule has 1 unspecified atom stereocenters. The molecule has 5 heteroatoms. The fourth-order valence-electron chi connectivity index (χ4n) is 2.95. The number of hydrogen-bond donors (Lipinski definition) is 2. The maximum absolute atomic E-state index is 12.1. The lowest BCUT2D eigenvalue weighted by Crippen LogP contribution is -2.25. The molecule has 0 radical (unpaired) electrons. The molecule has 1 aromatic carbocycles. The maximum atomic E-state index is 12.1. The Kier molecular flexibility index (Phi) is 4.68. The molecule has 24 heavy (non-hydrogen) atoms. The fourth-order valence-corrected chi connectivity index (χ4v) is 2.95. The minimum atomic E-state index is 0.0145. The molecule has 1 aromatic heterocycles. The minimum absolute atomic E-state index is 0.0145. The first-order valence-electron chi connectivity index (χ1n) is 8.17. The summed E-state index contributed by atoms with van der Waals surface area (Å²) in [6.45, 7) is 4.16. The van der Waals surface area contributed by atoms with E-state index in [-0.39, 0.29) is 24.5 Å². The van der Waals surface area contributed by atoms with Crippen LogP contribution in [0.25, 0.3) is 0 Å². The molecular weight excluding hydrogens is 302 g/mol. The number of hydrogen-bond acceptors (Lipinski definition) is 3. The van der Waals surface area contributed by atoms with Gasteiger partial charge in [0.15, 0.2) is 0 Å². The van der Waals surface area contributed by atoms with Gasteiger partial charge in [-0.25, -0.2) is 4.68 Å². The molecule has 1 atom stereocenters. The van der Waals surface area contributed by atoms with E-state index < -0.39 is 0 Å². The zero-order chi connectivity index (χ0) is 17.1. The Hall–Kier alpha value is -2.58. The van der Waals surface area contributed by atoms with Gasteiger partial charge in [-0.05, 0) is 31.5 Å². The number of carbonyl (C=O) groups is 1. The smallest absolute Gasteiger partial charge is 0.226 e. The molecule has 3 rings (SSSR count). The third-order valence-electron chi connectivity index (χ3n) is 4.12. The molecule has 2 N–H and O–H groups in total. The van der Waals surface area contributed by atoms with Crippen LogP contribution in [0.5, 0.6) is 0 Å². The zero-order valence-electron chi connectivity index (χ0n) is 13.9. The summed E-state index contributed by atoms with van der Waals surface area (Å²) >= 11 is 0. The number of nitrogens with zero attached hydrogens (tertiary/aromatic N) is 2.